The van der Waals surface area contributed by atoms with Crippen molar-refractivity contribution in [3.05, 3.63) is 63.9 Å². The molecule has 7 heteroatoms. The van der Waals surface area contributed by atoms with Crippen molar-refractivity contribution in [3.63, 3.8) is 0 Å². The lowest BCUT2D eigenvalue weighted by Gasteiger charge is -2.15. The van der Waals surface area contributed by atoms with Crippen LogP contribution in [0.4, 0.5) is 17.6 Å². The minimum atomic E-state index is -4.77. The fourth-order valence-electron chi connectivity index (χ4n) is 1.80. The van der Waals surface area contributed by atoms with E-state index < -0.39 is 18.2 Å². The van der Waals surface area contributed by atoms with Crippen molar-refractivity contribution in [3.8, 4) is 5.75 Å². The second-order valence-electron chi connectivity index (χ2n) is 4.27. The molecule has 112 valence electrons. The van der Waals surface area contributed by atoms with E-state index in [1.165, 1.54) is 30.3 Å². The van der Waals surface area contributed by atoms with Gasteiger partial charge in [-0.05, 0) is 51.3 Å². The highest BCUT2D eigenvalue weighted by Gasteiger charge is 2.31. The van der Waals surface area contributed by atoms with Gasteiger partial charge in [0.05, 0.1) is 10.5 Å². The zero-order chi connectivity index (χ0) is 15.6. The Hall–Kier alpha value is -1.60. The molecule has 0 saturated carbocycles. The van der Waals surface area contributed by atoms with Crippen molar-refractivity contribution >= 4 is 15.9 Å². The van der Waals surface area contributed by atoms with Gasteiger partial charge in [-0.1, -0.05) is 18.2 Å². The van der Waals surface area contributed by atoms with Gasteiger partial charge >= 0.3 is 6.36 Å². The summed E-state index contributed by atoms with van der Waals surface area (Å²) in [5.74, 6) is -0.862. The number of nitrogens with two attached hydrogens (primary N) is 1. The van der Waals surface area contributed by atoms with Crippen molar-refractivity contribution in [1.82, 2.24) is 0 Å². The third kappa shape index (κ3) is 4.18. The lowest BCUT2D eigenvalue weighted by atomic mass is 9.99. The molecule has 0 amide bonds. The lowest BCUT2D eigenvalue weighted by molar-refractivity contribution is -0.274. The minimum absolute atomic E-state index is 0.285. The monoisotopic (exact) mass is 363 g/mol. The maximum atomic E-state index is 13.5. The highest BCUT2D eigenvalue weighted by atomic mass is 79.9. The molecule has 0 aromatic heterocycles. The topological polar surface area (TPSA) is 35.2 Å². The molecule has 1 unspecified atom stereocenters. The molecule has 0 heterocycles. The van der Waals surface area contributed by atoms with Gasteiger partial charge in [-0.15, -0.1) is 13.2 Å². The number of halogens is 5. The molecule has 2 aromatic carbocycles. The van der Waals surface area contributed by atoms with Crippen LogP contribution in [0.3, 0.4) is 0 Å². The van der Waals surface area contributed by atoms with Crippen molar-refractivity contribution in [1.29, 1.82) is 0 Å². The summed E-state index contributed by atoms with van der Waals surface area (Å²) < 4.78 is 54.2. The van der Waals surface area contributed by atoms with Crippen LogP contribution in [-0.2, 0) is 0 Å². The first-order valence-corrected chi connectivity index (χ1v) is 6.62. The van der Waals surface area contributed by atoms with E-state index >= 15 is 0 Å². The van der Waals surface area contributed by atoms with E-state index in [0.717, 1.165) is 0 Å². The molecule has 0 saturated heterocycles. The van der Waals surface area contributed by atoms with E-state index in [4.69, 9.17) is 5.73 Å². The molecule has 0 aliphatic rings. The lowest BCUT2D eigenvalue weighted by Crippen LogP contribution is -2.18. The van der Waals surface area contributed by atoms with Crippen LogP contribution >= 0.6 is 15.9 Å². The van der Waals surface area contributed by atoms with Crippen LogP contribution in [0, 0.1) is 5.82 Å². The summed E-state index contributed by atoms with van der Waals surface area (Å²) in [6.07, 6.45) is -4.77. The fraction of sp³-hybridized carbons (Fsp3) is 0.143. The largest absolute Gasteiger partial charge is 0.573 e. The summed E-state index contributed by atoms with van der Waals surface area (Å²) in [5.41, 5.74) is 6.78. The van der Waals surface area contributed by atoms with Crippen molar-refractivity contribution in [2.75, 3.05) is 0 Å². The predicted octanol–water partition coefficient (Wildman–Crippen LogP) is 4.53. The van der Waals surface area contributed by atoms with Crippen LogP contribution in [-0.4, -0.2) is 6.36 Å². The Kier molecular flexibility index (Phi) is 4.53. The Labute approximate surface area is 126 Å². The van der Waals surface area contributed by atoms with Gasteiger partial charge in [0.25, 0.3) is 0 Å². The third-order valence-corrected chi connectivity index (χ3v) is 3.40. The molecule has 2 nitrogen and oxygen atoms in total. The second-order valence-corrected chi connectivity index (χ2v) is 5.13. The van der Waals surface area contributed by atoms with Crippen molar-refractivity contribution < 1.29 is 22.3 Å². The van der Waals surface area contributed by atoms with Gasteiger partial charge in [0.2, 0.25) is 0 Å². The van der Waals surface area contributed by atoms with E-state index in [-0.39, 0.29) is 10.2 Å². The van der Waals surface area contributed by atoms with Crippen LogP contribution in [0.2, 0.25) is 0 Å². The summed E-state index contributed by atoms with van der Waals surface area (Å²) in [4.78, 5) is 0. The van der Waals surface area contributed by atoms with Crippen LogP contribution in [0.25, 0.3) is 0 Å². The second kappa shape index (κ2) is 6.03. The summed E-state index contributed by atoms with van der Waals surface area (Å²) in [5, 5.41) is 0. The molecule has 2 N–H and O–H groups in total. The van der Waals surface area contributed by atoms with Gasteiger partial charge in [0, 0.05) is 0 Å². The third-order valence-electron chi connectivity index (χ3n) is 2.75. The Morgan fingerprint density at radius 2 is 1.71 bits per heavy atom. The van der Waals surface area contributed by atoms with Gasteiger partial charge in [0.15, 0.2) is 0 Å². The number of hydrogen-bond donors (Lipinski definition) is 1. The number of benzene rings is 2. The molecule has 1 atom stereocenters. The molecule has 0 aliphatic carbocycles. The molecule has 0 spiro atoms. The number of alkyl halides is 3. The predicted molar refractivity (Wildman–Crippen MR) is 73.3 cm³/mol. The quantitative estimate of drug-likeness (QED) is 0.812. The summed E-state index contributed by atoms with van der Waals surface area (Å²) >= 11 is 3.02. The van der Waals surface area contributed by atoms with Gasteiger partial charge in [-0.3, -0.25) is 0 Å². The molecule has 0 radical (unpaired) electrons. The van der Waals surface area contributed by atoms with Gasteiger partial charge in [0.1, 0.15) is 11.6 Å². The standard InChI is InChI=1S/C14H10BrF4NO/c15-11-5-4-9(7-12(11)16)13(20)8-2-1-3-10(6-8)21-14(17,18)19/h1-7,13H,20H2. The van der Waals surface area contributed by atoms with E-state index in [0.29, 0.717) is 11.1 Å². The van der Waals surface area contributed by atoms with Gasteiger partial charge in [-0.25, -0.2) is 4.39 Å². The Bertz CT molecular complexity index is 645. The highest BCUT2D eigenvalue weighted by molar-refractivity contribution is 9.10. The Balaban J connectivity index is 2.28. The highest BCUT2D eigenvalue weighted by Crippen LogP contribution is 2.28. The van der Waals surface area contributed by atoms with Gasteiger partial charge in [-0.2, -0.15) is 0 Å². The first kappa shape index (κ1) is 15.8. The molecule has 0 aliphatic heterocycles. The van der Waals surface area contributed by atoms with Crippen LogP contribution in [0.5, 0.6) is 5.75 Å². The summed E-state index contributed by atoms with van der Waals surface area (Å²) in [6.45, 7) is 0. The van der Waals surface area contributed by atoms with Crippen LogP contribution in [0.15, 0.2) is 46.9 Å². The number of hydrogen-bond acceptors (Lipinski definition) is 2. The molecule has 0 bridgehead atoms. The number of ether oxygens (including phenoxy) is 1. The fourth-order valence-corrected chi connectivity index (χ4v) is 2.05. The SMILES string of the molecule is NC(c1cccc(OC(F)(F)F)c1)c1ccc(Br)c(F)c1. The maximum Gasteiger partial charge on any atom is 0.573 e. The van der Waals surface area contributed by atoms with Crippen LogP contribution < -0.4 is 10.5 Å². The molecule has 0 fully saturated rings. The van der Waals surface area contributed by atoms with E-state index in [9.17, 15) is 17.6 Å². The Morgan fingerprint density at radius 1 is 1.05 bits per heavy atom. The normalized spacial score (nSPS) is 13.0. The minimum Gasteiger partial charge on any atom is -0.406 e. The smallest absolute Gasteiger partial charge is 0.406 e. The van der Waals surface area contributed by atoms with E-state index in [2.05, 4.69) is 20.7 Å². The van der Waals surface area contributed by atoms with Crippen LogP contribution in [0.1, 0.15) is 17.2 Å². The molecular formula is C14H10BrF4NO. The van der Waals surface area contributed by atoms with Gasteiger partial charge < -0.3 is 10.5 Å². The zero-order valence-electron chi connectivity index (χ0n) is 10.5. The van der Waals surface area contributed by atoms with Crippen molar-refractivity contribution in [2.24, 2.45) is 5.73 Å². The van der Waals surface area contributed by atoms with E-state index in [1.807, 2.05) is 0 Å². The number of rotatable bonds is 3. The first-order valence-electron chi connectivity index (χ1n) is 5.82. The summed E-state index contributed by atoms with van der Waals surface area (Å²) in [6, 6.07) is 8.84. The zero-order valence-corrected chi connectivity index (χ0v) is 12.1. The average Bonchev–Trinajstić information content (AvgIpc) is 2.39. The molecular weight excluding hydrogens is 354 g/mol. The summed E-state index contributed by atoms with van der Waals surface area (Å²) in [7, 11) is 0. The molecule has 2 rings (SSSR count). The maximum absolute atomic E-state index is 13.5. The van der Waals surface area contributed by atoms with Crippen molar-refractivity contribution in [2.45, 2.75) is 12.4 Å². The van der Waals surface area contributed by atoms with E-state index in [1.54, 1.807) is 12.1 Å². The molecule has 2 aromatic rings. The molecule has 21 heavy (non-hydrogen) atoms. The Morgan fingerprint density at radius 3 is 2.33 bits per heavy atom. The first-order chi connectivity index (χ1) is 9.76. The average molecular weight is 364 g/mol.